The van der Waals surface area contributed by atoms with Crippen molar-refractivity contribution in [2.45, 2.75) is 52.4 Å². The quantitative estimate of drug-likeness (QED) is 0.354. The van der Waals surface area contributed by atoms with E-state index in [1.165, 1.54) is 26.2 Å². The molecule has 1 N–H and O–H groups in total. The smallest absolute Gasteiger partial charge is 0.155 e. The van der Waals surface area contributed by atoms with Crippen LogP contribution < -0.4 is 5.32 Å². The third-order valence-corrected chi connectivity index (χ3v) is 3.03. The van der Waals surface area contributed by atoms with E-state index in [1.54, 1.807) is 25.2 Å². The lowest BCUT2D eigenvalue weighted by atomic mass is 10.1. The Hall–Kier alpha value is -1.22. The summed E-state index contributed by atoms with van der Waals surface area (Å²) in [6.45, 7) is 4.35. The second kappa shape index (κ2) is 11.8. The average molecular weight is 265 g/mol. The molecule has 0 aromatic heterocycles. The molecule has 19 heavy (non-hydrogen) atoms. The van der Waals surface area contributed by atoms with Crippen molar-refractivity contribution in [3.8, 4) is 0 Å². The number of carbonyl (C=O) groups is 2. The SMILES string of the molecule is CNCCCCCCCC(=O)/C=C/C=C(\C)C(C)=O. The Morgan fingerprint density at radius 1 is 1.00 bits per heavy atom. The predicted molar refractivity (Wildman–Crippen MR) is 80.2 cm³/mol. The van der Waals surface area contributed by atoms with E-state index in [1.807, 2.05) is 7.05 Å². The van der Waals surface area contributed by atoms with Crippen molar-refractivity contribution in [1.82, 2.24) is 5.32 Å². The zero-order valence-electron chi connectivity index (χ0n) is 12.5. The number of unbranched alkanes of at least 4 members (excludes halogenated alkanes) is 4. The minimum Gasteiger partial charge on any atom is -0.320 e. The summed E-state index contributed by atoms with van der Waals surface area (Å²) in [6.07, 6.45) is 11.2. The normalized spacial score (nSPS) is 12.1. The van der Waals surface area contributed by atoms with Gasteiger partial charge in [-0.1, -0.05) is 31.4 Å². The van der Waals surface area contributed by atoms with Crippen LogP contribution in [0.25, 0.3) is 0 Å². The molecule has 0 spiro atoms. The van der Waals surface area contributed by atoms with Crippen molar-refractivity contribution in [3.63, 3.8) is 0 Å². The van der Waals surface area contributed by atoms with E-state index in [-0.39, 0.29) is 11.6 Å². The van der Waals surface area contributed by atoms with Crippen LogP contribution in [0, 0.1) is 0 Å². The van der Waals surface area contributed by atoms with Gasteiger partial charge in [-0.15, -0.1) is 0 Å². The summed E-state index contributed by atoms with van der Waals surface area (Å²) in [4.78, 5) is 22.5. The molecule has 0 rings (SSSR count). The number of nitrogens with one attached hydrogen (secondary N) is 1. The summed E-state index contributed by atoms with van der Waals surface area (Å²) >= 11 is 0. The lowest BCUT2D eigenvalue weighted by Crippen LogP contribution is -2.06. The summed E-state index contributed by atoms with van der Waals surface area (Å²) in [5.41, 5.74) is 0.675. The molecule has 0 aliphatic carbocycles. The monoisotopic (exact) mass is 265 g/mol. The summed E-state index contributed by atoms with van der Waals surface area (Å²) in [5.74, 6) is 0.182. The lowest BCUT2D eigenvalue weighted by Gasteiger charge is -2.00. The predicted octanol–water partition coefficient (Wildman–Crippen LogP) is 3.21. The van der Waals surface area contributed by atoms with Gasteiger partial charge in [-0.25, -0.2) is 0 Å². The van der Waals surface area contributed by atoms with Gasteiger partial charge in [-0.05, 0) is 51.9 Å². The number of hydrogen-bond acceptors (Lipinski definition) is 3. The van der Waals surface area contributed by atoms with E-state index >= 15 is 0 Å². The highest BCUT2D eigenvalue weighted by Crippen LogP contribution is 2.06. The number of carbonyl (C=O) groups excluding carboxylic acids is 2. The molecule has 0 saturated carbocycles. The van der Waals surface area contributed by atoms with Crippen molar-refractivity contribution in [2.75, 3.05) is 13.6 Å². The van der Waals surface area contributed by atoms with E-state index in [2.05, 4.69) is 5.32 Å². The Morgan fingerprint density at radius 3 is 2.26 bits per heavy atom. The van der Waals surface area contributed by atoms with Crippen LogP contribution >= 0.6 is 0 Å². The van der Waals surface area contributed by atoms with Crippen molar-refractivity contribution in [3.05, 3.63) is 23.8 Å². The molecule has 0 saturated heterocycles. The van der Waals surface area contributed by atoms with E-state index in [0.717, 1.165) is 19.4 Å². The summed E-state index contributed by atoms with van der Waals surface area (Å²) < 4.78 is 0. The maximum atomic E-state index is 11.5. The van der Waals surface area contributed by atoms with Crippen LogP contribution in [-0.2, 0) is 9.59 Å². The third kappa shape index (κ3) is 11.6. The standard InChI is InChI=1S/C16H27NO2/c1-14(15(2)18)10-9-12-16(19)11-7-5-4-6-8-13-17-3/h9-10,12,17H,4-8,11,13H2,1-3H3/b12-9+,14-10+. The molecular weight excluding hydrogens is 238 g/mol. The van der Waals surface area contributed by atoms with Crippen molar-refractivity contribution in [2.24, 2.45) is 0 Å². The molecule has 0 aliphatic rings. The van der Waals surface area contributed by atoms with Crippen LogP contribution in [0.15, 0.2) is 23.8 Å². The maximum absolute atomic E-state index is 11.5. The fraction of sp³-hybridized carbons (Fsp3) is 0.625. The van der Waals surface area contributed by atoms with Crippen LogP contribution in [0.3, 0.4) is 0 Å². The van der Waals surface area contributed by atoms with Crippen molar-refractivity contribution in [1.29, 1.82) is 0 Å². The molecule has 0 radical (unpaired) electrons. The lowest BCUT2D eigenvalue weighted by molar-refractivity contribution is -0.115. The Balaban J connectivity index is 3.62. The van der Waals surface area contributed by atoms with Gasteiger partial charge < -0.3 is 5.32 Å². The van der Waals surface area contributed by atoms with Gasteiger partial charge in [-0.2, -0.15) is 0 Å². The van der Waals surface area contributed by atoms with Gasteiger partial charge in [0.25, 0.3) is 0 Å². The molecule has 108 valence electrons. The minimum absolute atomic E-state index is 0.0404. The number of hydrogen-bond donors (Lipinski definition) is 1. The Bertz CT molecular complexity index is 330. The Kier molecular flexibility index (Phi) is 11.1. The van der Waals surface area contributed by atoms with Gasteiger partial charge in [0.15, 0.2) is 11.6 Å². The first-order valence-corrected chi connectivity index (χ1v) is 7.11. The summed E-state index contributed by atoms with van der Waals surface area (Å²) in [7, 11) is 1.97. The van der Waals surface area contributed by atoms with Gasteiger partial charge in [0.05, 0.1) is 0 Å². The fourth-order valence-electron chi connectivity index (χ4n) is 1.63. The summed E-state index contributed by atoms with van der Waals surface area (Å²) in [6, 6.07) is 0. The molecule has 0 atom stereocenters. The molecule has 3 nitrogen and oxygen atoms in total. The first kappa shape index (κ1) is 17.8. The van der Waals surface area contributed by atoms with Gasteiger partial charge >= 0.3 is 0 Å². The van der Waals surface area contributed by atoms with Crippen LogP contribution in [0.4, 0.5) is 0 Å². The molecule has 0 unspecified atom stereocenters. The van der Waals surface area contributed by atoms with Gasteiger partial charge in [0.2, 0.25) is 0 Å². The van der Waals surface area contributed by atoms with Crippen LogP contribution in [0.5, 0.6) is 0 Å². The molecule has 0 aromatic rings. The molecule has 0 heterocycles. The Morgan fingerprint density at radius 2 is 1.63 bits per heavy atom. The molecule has 3 heteroatoms. The number of allylic oxidation sites excluding steroid dienone is 4. The zero-order chi connectivity index (χ0) is 14.5. The van der Waals surface area contributed by atoms with E-state index in [0.29, 0.717) is 12.0 Å². The second-order valence-electron chi connectivity index (χ2n) is 4.85. The van der Waals surface area contributed by atoms with E-state index < -0.39 is 0 Å². The molecule has 0 fully saturated rings. The summed E-state index contributed by atoms with van der Waals surface area (Å²) in [5, 5.41) is 3.12. The third-order valence-electron chi connectivity index (χ3n) is 3.03. The largest absolute Gasteiger partial charge is 0.320 e. The van der Waals surface area contributed by atoms with Crippen LogP contribution in [0.1, 0.15) is 52.4 Å². The van der Waals surface area contributed by atoms with Gasteiger partial charge in [-0.3, -0.25) is 9.59 Å². The number of rotatable bonds is 11. The molecule has 0 aromatic carbocycles. The highest BCUT2D eigenvalue weighted by atomic mass is 16.1. The highest BCUT2D eigenvalue weighted by Gasteiger charge is 1.97. The van der Waals surface area contributed by atoms with Gasteiger partial charge in [0.1, 0.15) is 0 Å². The number of Topliss-reactive ketones (excluding diaryl/α,β-unsaturated/α-hetero) is 1. The Labute approximate surface area is 117 Å². The highest BCUT2D eigenvalue weighted by molar-refractivity contribution is 5.93. The first-order valence-electron chi connectivity index (χ1n) is 7.11. The van der Waals surface area contributed by atoms with Crippen LogP contribution in [0.2, 0.25) is 0 Å². The number of ketones is 2. The molecular formula is C16H27NO2. The van der Waals surface area contributed by atoms with Crippen LogP contribution in [-0.4, -0.2) is 25.2 Å². The van der Waals surface area contributed by atoms with Crippen molar-refractivity contribution >= 4 is 11.6 Å². The van der Waals surface area contributed by atoms with E-state index in [9.17, 15) is 9.59 Å². The average Bonchev–Trinajstić information content (AvgIpc) is 2.37. The molecule has 0 amide bonds. The topological polar surface area (TPSA) is 46.2 Å². The van der Waals surface area contributed by atoms with Crippen molar-refractivity contribution < 1.29 is 9.59 Å². The fourth-order valence-corrected chi connectivity index (χ4v) is 1.63. The maximum Gasteiger partial charge on any atom is 0.155 e. The molecule has 0 bridgehead atoms. The zero-order valence-corrected chi connectivity index (χ0v) is 12.5. The second-order valence-corrected chi connectivity index (χ2v) is 4.85. The van der Waals surface area contributed by atoms with Gasteiger partial charge in [0, 0.05) is 6.42 Å². The first-order chi connectivity index (χ1) is 9.07. The van der Waals surface area contributed by atoms with E-state index in [4.69, 9.17) is 0 Å². The minimum atomic E-state index is 0.0404. The molecule has 0 aliphatic heterocycles.